The summed E-state index contributed by atoms with van der Waals surface area (Å²) in [4.78, 5) is -0.0538. The number of aryl methyl sites for hydroxylation is 2. The summed E-state index contributed by atoms with van der Waals surface area (Å²) in [6.07, 6.45) is -0.00623. The van der Waals surface area contributed by atoms with E-state index in [1.165, 1.54) is 18.2 Å². The molecule has 1 unspecified atom stereocenters. The Labute approximate surface area is 209 Å². The van der Waals surface area contributed by atoms with Gasteiger partial charge in [-0.15, -0.1) is 0 Å². The fourth-order valence-corrected chi connectivity index (χ4v) is 6.01. The summed E-state index contributed by atoms with van der Waals surface area (Å²) in [6.45, 7) is 4.08. The smallest absolute Gasteiger partial charge is 0.297 e. The van der Waals surface area contributed by atoms with Gasteiger partial charge in [0.1, 0.15) is 34.0 Å². The van der Waals surface area contributed by atoms with E-state index in [0.29, 0.717) is 24.3 Å². The molecule has 9 heteroatoms. The van der Waals surface area contributed by atoms with Gasteiger partial charge in [-0.25, -0.2) is 0 Å². The maximum atomic E-state index is 12.7. The molecule has 2 N–H and O–H groups in total. The normalized spacial score (nSPS) is 15.1. The molecule has 0 bridgehead atoms. The second kappa shape index (κ2) is 9.07. The van der Waals surface area contributed by atoms with E-state index in [-0.39, 0.29) is 29.1 Å². The Balaban J connectivity index is 1.44. The van der Waals surface area contributed by atoms with Crippen molar-refractivity contribution in [2.75, 3.05) is 13.7 Å². The minimum atomic E-state index is -4.04. The number of benzene rings is 3. The van der Waals surface area contributed by atoms with Gasteiger partial charge in [-0.3, -0.25) is 4.18 Å². The molecule has 0 saturated heterocycles. The molecule has 1 atom stereocenters. The molecule has 3 aromatic carbocycles. The van der Waals surface area contributed by atoms with E-state index < -0.39 is 10.1 Å². The average Bonchev–Trinajstić information content (AvgIpc) is 3.14. The van der Waals surface area contributed by atoms with Gasteiger partial charge in [-0.05, 0) is 73.0 Å². The zero-order valence-corrected chi connectivity index (χ0v) is 21.0. The van der Waals surface area contributed by atoms with Gasteiger partial charge in [-0.1, -0.05) is 6.07 Å². The van der Waals surface area contributed by atoms with Gasteiger partial charge in [0.25, 0.3) is 10.1 Å². The standard InChI is InChI=1S/C27H27NO7S/c1-16-4-7-20(30)14-24(16)36(31,32)34-13-12-21-15-28-26(18-5-8-19(29)9-6-18)17(2)25-22(33-3)10-11-23(35-21)27(25)28/h4-11,14,21,29-30H,12-13,15H2,1-3H3. The molecule has 5 rings (SSSR count). The maximum absolute atomic E-state index is 12.7. The third-order valence-electron chi connectivity index (χ3n) is 6.53. The molecule has 4 aromatic rings. The Kier molecular flexibility index (Phi) is 6.05. The number of ether oxygens (including phenoxy) is 2. The lowest BCUT2D eigenvalue weighted by atomic mass is 10.1. The number of aromatic nitrogens is 1. The van der Waals surface area contributed by atoms with Gasteiger partial charge in [0.15, 0.2) is 0 Å². The topological polar surface area (TPSA) is 107 Å². The van der Waals surface area contributed by atoms with Crippen molar-refractivity contribution in [3.8, 4) is 34.3 Å². The van der Waals surface area contributed by atoms with Crippen molar-refractivity contribution in [1.29, 1.82) is 0 Å². The van der Waals surface area contributed by atoms with E-state index >= 15 is 0 Å². The number of phenolic OH excluding ortho intramolecular Hbond substituents is 2. The van der Waals surface area contributed by atoms with Gasteiger partial charge in [0.2, 0.25) is 0 Å². The zero-order valence-electron chi connectivity index (χ0n) is 20.2. The Morgan fingerprint density at radius 1 is 1.03 bits per heavy atom. The Morgan fingerprint density at radius 3 is 2.47 bits per heavy atom. The predicted octanol–water partition coefficient (Wildman–Crippen LogP) is 4.90. The predicted molar refractivity (Wildman–Crippen MR) is 135 cm³/mol. The Hall–Kier alpha value is -3.69. The van der Waals surface area contributed by atoms with Crippen LogP contribution in [0.25, 0.3) is 22.2 Å². The van der Waals surface area contributed by atoms with Crippen molar-refractivity contribution in [2.24, 2.45) is 0 Å². The first-order valence-corrected chi connectivity index (χ1v) is 13.0. The molecule has 1 aromatic heterocycles. The molecule has 0 fully saturated rings. The number of aromatic hydroxyl groups is 2. The van der Waals surface area contributed by atoms with E-state index in [0.717, 1.165) is 33.5 Å². The van der Waals surface area contributed by atoms with E-state index in [1.807, 2.05) is 31.2 Å². The van der Waals surface area contributed by atoms with Crippen LogP contribution < -0.4 is 9.47 Å². The summed E-state index contributed by atoms with van der Waals surface area (Å²) in [6, 6.07) is 14.9. The van der Waals surface area contributed by atoms with Crippen molar-refractivity contribution < 1.29 is 32.3 Å². The SMILES string of the molecule is COc1ccc2c3c1c(C)c(-c1ccc(O)cc1)n3CC(CCOS(=O)(=O)c1cc(O)ccc1C)O2. The largest absolute Gasteiger partial charge is 0.508 e. The van der Waals surface area contributed by atoms with E-state index in [9.17, 15) is 18.6 Å². The van der Waals surface area contributed by atoms with Gasteiger partial charge < -0.3 is 24.3 Å². The lowest BCUT2D eigenvalue weighted by molar-refractivity contribution is 0.139. The summed E-state index contributed by atoms with van der Waals surface area (Å²) in [5.74, 6) is 1.47. The van der Waals surface area contributed by atoms with Crippen molar-refractivity contribution in [3.63, 3.8) is 0 Å². The monoisotopic (exact) mass is 509 g/mol. The number of hydrogen-bond donors (Lipinski definition) is 2. The van der Waals surface area contributed by atoms with E-state index in [2.05, 4.69) is 4.57 Å². The highest BCUT2D eigenvalue weighted by Gasteiger charge is 2.29. The number of rotatable bonds is 7. The first kappa shape index (κ1) is 24.0. The van der Waals surface area contributed by atoms with Crippen LogP contribution in [-0.4, -0.2) is 43.0 Å². The van der Waals surface area contributed by atoms with Gasteiger partial charge in [0, 0.05) is 17.9 Å². The molecule has 8 nitrogen and oxygen atoms in total. The minimum Gasteiger partial charge on any atom is -0.508 e. The van der Waals surface area contributed by atoms with Crippen LogP contribution in [0.15, 0.2) is 59.5 Å². The van der Waals surface area contributed by atoms with Crippen LogP contribution in [0.5, 0.6) is 23.0 Å². The van der Waals surface area contributed by atoms with Crippen molar-refractivity contribution in [1.82, 2.24) is 4.57 Å². The van der Waals surface area contributed by atoms with Gasteiger partial charge >= 0.3 is 0 Å². The Morgan fingerprint density at radius 2 is 1.75 bits per heavy atom. The second-order valence-corrected chi connectivity index (χ2v) is 10.5. The van der Waals surface area contributed by atoms with Crippen LogP contribution in [-0.2, 0) is 20.8 Å². The number of phenols is 2. The quantitative estimate of drug-likeness (QED) is 0.341. The van der Waals surface area contributed by atoms with Crippen LogP contribution in [0.4, 0.5) is 0 Å². The summed E-state index contributed by atoms with van der Waals surface area (Å²) in [7, 11) is -2.41. The third kappa shape index (κ3) is 4.14. The molecule has 2 heterocycles. The van der Waals surface area contributed by atoms with Gasteiger partial charge in [-0.2, -0.15) is 8.42 Å². The summed E-state index contributed by atoms with van der Waals surface area (Å²) >= 11 is 0. The lowest BCUT2D eigenvalue weighted by Crippen LogP contribution is -2.29. The molecular formula is C27H27NO7S. The molecule has 0 amide bonds. The highest BCUT2D eigenvalue weighted by Crippen LogP contribution is 2.45. The van der Waals surface area contributed by atoms with Crippen LogP contribution in [0.1, 0.15) is 17.5 Å². The van der Waals surface area contributed by atoms with Crippen LogP contribution >= 0.6 is 0 Å². The maximum Gasteiger partial charge on any atom is 0.297 e. The molecule has 188 valence electrons. The fraction of sp³-hybridized carbons (Fsp3) is 0.259. The number of nitrogens with zero attached hydrogens (tertiary/aromatic N) is 1. The average molecular weight is 510 g/mol. The second-order valence-electron chi connectivity index (χ2n) is 8.88. The molecule has 1 aliphatic rings. The zero-order chi connectivity index (χ0) is 25.6. The fourth-order valence-electron chi connectivity index (χ4n) is 4.84. The molecular weight excluding hydrogens is 482 g/mol. The van der Waals surface area contributed by atoms with Crippen LogP contribution in [0, 0.1) is 13.8 Å². The summed E-state index contributed by atoms with van der Waals surface area (Å²) in [5, 5.41) is 20.4. The first-order valence-electron chi connectivity index (χ1n) is 11.5. The van der Waals surface area contributed by atoms with E-state index in [4.69, 9.17) is 13.7 Å². The summed E-state index contributed by atoms with van der Waals surface area (Å²) in [5.41, 5.74) is 4.35. The van der Waals surface area contributed by atoms with E-state index in [1.54, 1.807) is 26.2 Å². The molecule has 0 spiro atoms. The van der Waals surface area contributed by atoms with Crippen molar-refractivity contribution in [2.45, 2.75) is 37.8 Å². The summed E-state index contributed by atoms with van der Waals surface area (Å²) < 4.78 is 44.8. The molecule has 1 aliphatic heterocycles. The van der Waals surface area contributed by atoms with Crippen LogP contribution in [0.3, 0.4) is 0 Å². The van der Waals surface area contributed by atoms with Crippen molar-refractivity contribution >= 4 is 21.0 Å². The van der Waals surface area contributed by atoms with Crippen LogP contribution in [0.2, 0.25) is 0 Å². The molecule has 0 saturated carbocycles. The third-order valence-corrected chi connectivity index (χ3v) is 7.99. The number of hydrogen-bond acceptors (Lipinski definition) is 7. The molecule has 0 aliphatic carbocycles. The highest BCUT2D eigenvalue weighted by atomic mass is 32.2. The highest BCUT2D eigenvalue weighted by molar-refractivity contribution is 7.86. The first-order chi connectivity index (χ1) is 17.2. The molecule has 0 radical (unpaired) electrons. The van der Waals surface area contributed by atoms with Gasteiger partial charge in [0.05, 0.1) is 31.5 Å². The Bertz CT molecular complexity index is 1560. The molecule has 36 heavy (non-hydrogen) atoms. The minimum absolute atomic E-state index is 0.0538. The van der Waals surface area contributed by atoms with Crippen molar-refractivity contribution in [3.05, 3.63) is 65.7 Å². The lowest BCUT2D eigenvalue weighted by Gasteiger charge is -2.27. The number of methoxy groups -OCH3 is 1.